The number of nitrogens with zero attached hydrogens (tertiary/aromatic N) is 2. The minimum absolute atomic E-state index is 0.0645. The van der Waals surface area contributed by atoms with Gasteiger partial charge in [-0.25, -0.2) is 8.42 Å². The number of benzene rings is 3. The van der Waals surface area contributed by atoms with Gasteiger partial charge in [0.25, 0.3) is 0 Å². The molecule has 0 bridgehead atoms. The summed E-state index contributed by atoms with van der Waals surface area (Å²) in [4.78, 5) is 29.3. The third-order valence-corrected chi connectivity index (χ3v) is 8.37. The van der Waals surface area contributed by atoms with Gasteiger partial charge in [0.2, 0.25) is 21.8 Å². The van der Waals surface area contributed by atoms with E-state index >= 15 is 0 Å². The van der Waals surface area contributed by atoms with Gasteiger partial charge in [0.1, 0.15) is 12.6 Å². The van der Waals surface area contributed by atoms with Crippen LogP contribution in [-0.2, 0) is 32.6 Å². The smallest absolute Gasteiger partial charge is 0.244 e. The summed E-state index contributed by atoms with van der Waals surface area (Å²) in [6.45, 7) is 3.69. The van der Waals surface area contributed by atoms with Gasteiger partial charge in [0.15, 0.2) is 11.5 Å². The maximum Gasteiger partial charge on any atom is 0.244 e. The van der Waals surface area contributed by atoms with E-state index in [0.29, 0.717) is 33.7 Å². The van der Waals surface area contributed by atoms with E-state index in [1.54, 1.807) is 24.3 Å². The number of carbonyl (C=O) groups excluding carboxylic acids is 2. The standard InChI is InChI=1S/C31H37Cl2N3O6S/c1-21(2)18-34-31(38)27(15-22-9-7-6-8-10-22)35(19-23-11-12-24(32)16-26(23)33)30(37)20-36(43(5,39)40)25-13-14-28(41-3)29(17-25)42-4/h6-14,16-17,21,27H,15,18-20H2,1-5H3,(H,34,38)/t27-/m0/s1. The van der Waals surface area contributed by atoms with E-state index in [0.717, 1.165) is 16.1 Å². The molecule has 1 atom stereocenters. The quantitative estimate of drug-likeness (QED) is 0.258. The van der Waals surface area contributed by atoms with Crippen LogP contribution >= 0.6 is 23.2 Å². The van der Waals surface area contributed by atoms with Crippen molar-refractivity contribution >= 4 is 50.7 Å². The van der Waals surface area contributed by atoms with E-state index in [9.17, 15) is 18.0 Å². The highest BCUT2D eigenvalue weighted by Crippen LogP contribution is 2.33. The molecule has 0 fully saturated rings. The Morgan fingerprint density at radius 2 is 1.60 bits per heavy atom. The van der Waals surface area contributed by atoms with Crippen LogP contribution in [0.15, 0.2) is 66.7 Å². The molecule has 2 amide bonds. The average Bonchev–Trinajstić information content (AvgIpc) is 2.96. The molecule has 43 heavy (non-hydrogen) atoms. The number of hydrogen-bond acceptors (Lipinski definition) is 6. The number of carbonyl (C=O) groups is 2. The topological polar surface area (TPSA) is 105 Å². The molecule has 3 aromatic carbocycles. The van der Waals surface area contributed by atoms with Crippen LogP contribution in [0.2, 0.25) is 10.0 Å². The van der Waals surface area contributed by atoms with Gasteiger partial charge in [-0.1, -0.05) is 73.4 Å². The van der Waals surface area contributed by atoms with Crippen LogP contribution in [-0.4, -0.2) is 64.7 Å². The lowest BCUT2D eigenvalue weighted by molar-refractivity contribution is -0.140. The van der Waals surface area contributed by atoms with Gasteiger partial charge >= 0.3 is 0 Å². The molecular weight excluding hydrogens is 613 g/mol. The second-order valence-corrected chi connectivity index (χ2v) is 13.2. The van der Waals surface area contributed by atoms with E-state index in [1.165, 1.54) is 31.3 Å². The molecule has 0 spiro atoms. The fourth-order valence-electron chi connectivity index (χ4n) is 4.40. The van der Waals surface area contributed by atoms with Crippen molar-refractivity contribution in [3.63, 3.8) is 0 Å². The third kappa shape index (κ3) is 9.51. The lowest BCUT2D eigenvalue weighted by Gasteiger charge is -2.34. The van der Waals surface area contributed by atoms with E-state index in [1.807, 2.05) is 44.2 Å². The van der Waals surface area contributed by atoms with Crippen molar-refractivity contribution in [3.8, 4) is 11.5 Å². The molecule has 0 radical (unpaired) electrons. The first-order valence-electron chi connectivity index (χ1n) is 13.6. The number of methoxy groups -OCH3 is 2. The van der Waals surface area contributed by atoms with E-state index in [-0.39, 0.29) is 30.5 Å². The number of rotatable bonds is 14. The molecule has 0 unspecified atom stereocenters. The molecule has 0 saturated carbocycles. The Hall–Kier alpha value is -3.47. The maximum absolute atomic E-state index is 14.2. The zero-order chi connectivity index (χ0) is 31.7. The van der Waals surface area contributed by atoms with Gasteiger partial charge < -0.3 is 19.7 Å². The molecule has 0 saturated heterocycles. The van der Waals surface area contributed by atoms with Crippen LogP contribution in [0.4, 0.5) is 5.69 Å². The zero-order valence-corrected chi connectivity index (χ0v) is 27.2. The Morgan fingerprint density at radius 1 is 0.930 bits per heavy atom. The summed E-state index contributed by atoms with van der Waals surface area (Å²) in [6, 6.07) is 17.7. The van der Waals surface area contributed by atoms with Gasteiger partial charge in [-0.15, -0.1) is 0 Å². The molecule has 0 aliphatic carbocycles. The van der Waals surface area contributed by atoms with Crippen LogP contribution in [0, 0.1) is 5.92 Å². The van der Waals surface area contributed by atoms with Crippen LogP contribution < -0.4 is 19.1 Å². The van der Waals surface area contributed by atoms with Crippen molar-refractivity contribution in [2.24, 2.45) is 5.92 Å². The number of halogens is 2. The molecule has 0 aromatic heterocycles. The van der Waals surface area contributed by atoms with E-state index in [2.05, 4.69) is 5.32 Å². The summed E-state index contributed by atoms with van der Waals surface area (Å²) in [5.41, 5.74) is 1.57. The summed E-state index contributed by atoms with van der Waals surface area (Å²) in [6.07, 6.45) is 1.20. The summed E-state index contributed by atoms with van der Waals surface area (Å²) in [5.74, 6) is -0.113. The lowest BCUT2D eigenvalue weighted by Crippen LogP contribution is -2.53. The molecule has 3 rings (SSSR count). The molecule has 3 aromatic rings. The Morgan fingerprint density at radius 3 is 2.19 bits per heavy atom. The van der Waals surface area contributed by atoms with Gasteiger partial charge in [-0.3, -0.25) is 13.9 Å². The van der Waals surface area contributed by atoms with Crippen LogP contribution in [0.1, 0.15) is 25.0 Å². The summed E-state index contributed by atoms with van der Waals surface area (Å²) >= 11 is 12.6. The maximum atomic E-state index is 14.2. The Labute approximate surface area is 263 Å². The van der Waals surface area contributed by atoms with Gasteiger partial charge in [0, 0.05) is 35.6 Å². The summed E-state index contributed by atoms with van der Waals surface area (Å²) < 4.78 is 37.7. The van der Waals surface area contributed by atoms with Crippen molar-refractivity contribution < 1.29 is 27.5 Å². The predicted molar refractivity (Wildman–Crippen MR) is 171 cm³/mol. The minimum Gasteiger partial charge on any atom is -0.493 e. The minimum atomic E-state index is -3.96. The lowest BCUT2D eigenvalue weighted by atomic mass is 10.0. The van der Waals surface area contributed by atoms with Crippen molar-refractivity contribution in [3.05, 3.63) is 87.9 Å². The Bertz CT molecular complexity index is 1520. The highest BCUT2D eigenvalue weighted by molar-refractivity contribution is 7.92. The summed E-state index contributed by atoms with van der Waals surface area (Å²) in [7, 11) is -1.06. The number of ether oxygens (including phenoxy) is 2. The normalized spacial score (nSPS) is 12.0. The fraction of sp³-hybridized carbons (Fsp3) is 0.355. The van der Waals surface area contributed by atoms with Crippen molar-refractivity contribution in [2.75, 3.05) is 37.9 Å². The third-order valence-electron chi connectivity index (χ3n) is 6.65. The number of nitrogens with one attached hydrogen (secondary N) is 1. The van der Waals surface area contributed by atoms with Crippen molar-refractivity contribution in [1.29, 1.82) is 0 Å². The highest BCUT2D eigenvalue weighted by atomic mass is 35.5. The molecule has 232 valence electrons. The second kappa shape index (κ2) is 15.3. The first-order chi connectivity index (χ1) is 20.3. The van der Waals surface area contributed by atoms with E-state index < -0.39 is 28.5 Å². The summed E-state index contributed by atoms with van der Waals surface area (Å²) in [5, 5.41) is 3.67. The average molecular weight is 651 g/mol. The molecule has 1 N–H and O–H groups in total. The van der Waals surface area contributed by atoms with Crippen LogP contribution in [0.25, 0.3) is 0 Å². The SMILES string of the molecule is COc1ccc(N(CC(=O)N(Cc2ccc(Cl)cc2Cl)[C@@H](Cc2ccccc2)C(=O)NCC(C)C)S(C)(=O)=O)cc1OC. The van der Waals surface area contributed by atoms with Crippen LogP contribution in [0.5, 0.6) is 11.5 Å². The Balaban J connectivity index is 2.10. The Kier molecular flexibility index (Phi) is 12.1. The van der Waals surface area contributed by atoms with E-state index in [4.69, 9.17) is 32.7 Å². The van der Waals surface area contributed by atoms with Crippen molar-refractivity contribution in [2.45, 2.75) is 32.9 Å². The van der Waals surface area contributed by atoms with Gasteiger partial charge in [0.05, 0.1) is 26.2 Å². The number of anilines is 1. The predicted octanol–water partition coefficient (Wildman–Crippen LogP) is 5.19. The first kappa shape index (κ1) is 34.0. The van der Waals surface area contributed by atoms with Gasteiger partial charge in [-0.2, -0.15) is 0 Å². The van der Waals surface area contributed by atoms with Crippen molar-refractivity contribution in [1.82, 2.24) is 10.2 Å². The van der Waals surface area contributed by atoms with Gasteiger partial charge in [-0.05, 0) is 41.3 Å². The second-order valence-electron chi connectivity index (χ2n) is 10.4. The molecule has 0 aliphatic rings. The molecular formula is C31H37Cl2N3O6S. The number of hydrogen-bond donors (Lipinski definition) is 1. The molecule has 0 heterocycles. The largest absolute Gasteiger partial charge is 0.493 e. The fourth-order valence-corrected chi connectivity index (χ4v) is 5.71. The molecule has 12 heteroatoms. The molecule has 0 aliphatic heterocycles. The first-order valence-corrected chi connectivity index (χ1v) is 16.2. The monoisotopic (exact) mass is 649 g/mol. The zero-order valence-electron chi connectivity index (χ0n) is 24.8. The van der Waals surface area contributed by atoms with Crippen LogP contribution in [0.3, 0.4) is 0 Å². The highest BCUT2D eigenvalue weighted by Gasteiger charge is 2.33. The number of sulfonamides is 1. The molecule has 9 nitrogen and oxygen atoms in total. The number of amides is 2.